The van der Waals surface area contributed by atoms with Gasteiger partial charge in [-0.05, 0) is 12.5 Å². The number of aliphatic imine (C=N–C) groups is 1. The Labute approximate surface area is 120 Å². The molecule has 0 fully saturated rings. The van der Waals surface area contributed by atoms with Gasteiger partial charge in [0.15, 0.2) is 5.96 Å². The van der Waals surface area contributed by atoms with Crippen LogP contribution in [0.2, 0.25) is 0 Å². The Morgan fingerprint density at radius 1 is 1.45 bits per heavy atom. The highest BCUT2D eigenvalue weighted by atomic mass is 16.5. The van der Waals surface area contributed by atoms with Crippen molar-refractivity contribution < 1.29 is 9.47 Å². The Morgan fingerprint density at radius 2 is 2.30 bits per heavy atom. The first kappa shape index (κ1) is 16.2. The summed E-state index contributed by atoms with van der Waals surface area (Å²) in [6, 6.07) is 3.78. The van der Waals surface area contributed by atoms with E-state index in [1.807, 2.05) is 12.1 Å². The Kier molecular flexibility index (Phi) is 8.14. The maximum Gasteiger partial charge on any atom is 0.218 e. The van der Waals surface area contributed by atoms with Gasteiger partial charge in [0.2, 0.25) is 5.88 Å². The van der Waals surface area contributed by atoms with Gasteiger partial charge in [0.1, 0.15) is 6.61 Å². The number of methoxy groups -OCH3 is 1. The third kappa shape index (κ3) is 6.38. The van der Waals surface area contributed by atoms with E-state index in [1.165, 1.54) is 0 Å². The molecule has 1 aromatic rings. The van der Waals surface area contributed by atoms with Crippen molar-refractivity contribution >= 4 is 5.96 Å². The summed E-state index contributed by atoms with van der Waals surface area (Å²) in [5.41, 5.74) is 6.70. The van der Waals surface area contributed by atoms with Gasteiger partial charge in [-0.25, -0.2) is 9.98 Å². The lowest BCUT2D eigenvalue weighted by Crippen LogP contribution is -2.32. The highest BCUT2D eigenvalue weighted by Crippen LogP contribution is 2.15. The van der Waals surface area contributed by atoms with Crippen LogP contribution in [-0.4, -0.2) is 37.8 Å². The van der Waals surface area contributed by atoms with Crippen LogP contribution in [0.4, 0.5) is 0 Å². The number of pyridine rings is 1. The highest BCUT2D eigenvalue weighted by molar-refractivity contribution is 5.77. The Hall–Kier alpha value is -1.82. The van der Waals surface area contributed by atoms with E-state index < -0.39 is 0 Å². The molecule has 0 amide bonds. The maximum absolute atomic E-state index is 5.79. The fourth-order valence-electron chi connectivity index (χ4n) is 1.52. The number of nitrogens with one attached hydrogen (secondary N) is 1. The summed E-state index contributed by atoms with van der Waals surface area (Å²) in [6.45, 7) is 4.42. The first-order chi connectivity index (χ1) is 9.77. The standard InChI is InChI=1S/C14H24N4O2/c1-3-4-7-17-14(15)18-11-12-6-5-8-16-13(12)20-10-9-19-2/h5-6,8H,3-4,7,9-11H2,1-2H3,(H3,15,17,18). The van der Waals surface area contributed by atoms with Crippen molar-refractivity contribution in [2.45, 2.75) is 26.3 Å². The second kappa shape index (κ2) is 10.0. The zero-order valence-corrected chi connectivity index (χ0v) is 12.3. The van der Waals surface area contributed by atoms with E-state index in [4.69, 9.17) is 15.2 Å². The number of ether oxygens (including phenoxy) is 2. The topological polar surface area (TPSA) is 81.8 Å². The molecule has 0 saturated carbocycles. The molecule has 6 nitrogen and oxygen atoms in total. The molecule has 0 aromatic carbocycles. The minimum atomic E-state index is 0.446. The lowest BCUT2D eigenvalue weighted by Gasteiger charge is -2.09. The molecule has 0 spiro atoms. The number of guanidine groups is 1. The van der Waals surface area contributed by atoms with Crippen molar-refractivity contribution in [3.05, 3.63) is 23.9 Å². The van der Waals surface area contributed by atoms with Crippen LogP contribution in [0.15, 0.2) is 23.3 Å². The third-order valence-electron chi connectivity index (χ3n) is 2.63. The summed E-state index contributed by atoms with van der Waals surface area (Å²) in [4.78, 5) is 8.48. The van der Waals surface area contributed by atoms with E-state index in [2.05, 4.69) is 22.2 Å². The molecule has 0 radical (unpaired) electrons. The van der Waals surface area contributed by atoms with Crippen molar-refractivity contribution in [3.8, 4) is 5.88 Å². The molecular weight excluding hydrogens is 256 g/mol. The number of nitrogens with zero attached hydrogens (tertiary/aromatic N) is 2. The fraction of sp³-hybridized carbons (Fsp3) is 0.571. The molecule has 3 N–H and O–H groups in total. The molecule has 0 aliphatic heterocycles. The molecule has 0 bridgehead atoms. The lowest BCUT2D eigenvalue weighted by atomic mass is 10.3. The molecule has 112 valence electrons. The number of hydrogen-bond donors (Lipinski definition) is 2. The van der Waals surface area contributed by atoms with Crippen LogP contribution in [0.25, 0.3) is 0 Å². The minimum Gasteiger partial charge on any atom is -0.475 e. The molecule has 0 aliphatic carbocycles. The van der Waals surface area contributed by atoms with Crippen LogP contribution in [0, 0.1) is 0 Å². The van der Waals surface area contributed by atoms with Crippen LogP contribution in [0.3, 0.4) is 0 Å². The number of aromatic nitrogens is 1. The quantitative estimate of drug-likeness (QED) is 0.405. The molecular formula is C14H24N4O2. The number of nitrogens with two attached hydrogens (primary N) is 1. The molecule has 1 heterocycles. The SMILES string of the molecule is CCCCNC(N)=NCc1cccnc1OCCOC. The zero-order chi connectivity index (χ0) is 14.6. The summed E-state index contributed by atoms with van der Waals surface area (Å²) in [5.74, 6) is 1.03. The summed E-state index contributed by atoms with van der Waals surface area (Å²) >= 11 is 0. The van der Waals surface area contributed by atoms with Gasteiger partial charge in [0.05, 0.1) is 13.2 Å². The fourth-order valence-corrected chi connectivity index (χ4v) is 1.52. The second-order valence-corrected chi connectivity index (χ2v) is 4.29. The van der Waals surface area contributed by atoms with Gasteiger partial charge in [-0.2, -0.15) is 0 Å². The van der Waals surface area contributed by atoms with Crippen LogP contribution < -0.4 is 15.8 Å². The summed E-state index contributed by atoms with van der Waals surface area (Å²) in [5, 5.41) is 3.07. The molecule has 20 heavy (non-hydrogen) atoms. The number of rotatable bonds is 9. The van der Waals surface area contributed by atoms with Crippen LogP contribution in [-0.2, 0) is 11.3 Å². The van der Waals surface area contributed by atoms with Gasteiger partial charge >= 0.3 is 0 Å². The Bertz CT molecular complexity index is 410. The lowest BCUT2D eigenvalue weighted by molar-refractivity contribution is 0.143. The van der Waals surface area contributed by atoms with Crippen molar-refractivity contribution in [2.24, 2.45) is 10.7 Å². The van der Waals surface area contributed by atoms with E-state index in [-0.39, 0.29) is 0 Å². The Balaban J connectivity index is 2.51. The van der Waals surface area contributed by atoms with E-state index in [9.17, 15) is 0 Å². The molecule has 0 aliphatic rings. The average molecular weight is 280 g/mol. The highest BCUT2D eigenvalue weighted by Gasteiger charge is 2.04. The maximum atomic E-state index is 5.79. The monoisotopic (exact) mass is 280 g/mol. The average Bonchev–Trinajstić information content (AvgIpc) is 2.47. The smallest absolute Gasteiger partial charge is 0.218 e. The molecule has 0 saturated heterocycles. The zero-order valence-electron chi connectivity index (χ0n) is 12.3. The molecule has 1 rings (SSSR count). The van der Waals surface area contributed by atoms with E-state index >= 15 is 0 Å². The number of unbranched alkanes of at least 4 members (excludes halogenated alkanes) is 1. The van der Waals surface area contributed by atoms with Crippen LogP contribution in [0.1, 0.15) is 25.3 Å². The third-order valence-corrected chi connectivity index (χ3v) is 2.63. The van der Waals surface area contributed by atoms with Crippen molar-refractivity contribution in [2.75, 3.05) is 26.9 Å². The summed E-state index contributed by atoms with van der Waals surface area (Å²) < 4.78 is 10.5. The normalized spacial score (nSPS) is 11.4. The van der Waals surface area contributed by atoms with Crippen molar-refractivity contribution in [1.82, 2.24) is 10.3 Å². The predicted octanol–water partition coefficient (Wildman–Crippen LogP) is 1.31. The number of hydrogen-bond acceptors (Lipinski definition) is 4. The first-order valence-electron chi connectivity index (χ1n) is 6.87. The van der Waals surface area contributed by atoms with Gasteiger partial charge < -0.3 is 20.5 Å². The molecule has 0 atom stereocenters. The van der Waals surface area contributed by atoms with E-state index in [1.54, 1.807) is 13.3 Å². The van der Waals surface area contributed by atoms with Gasteiger partial charge in [-0.3, -0.25) is 0 Å². The van der Waals surface area contributed by atoms with Crippen molar-refractivity contribution in [1.29, 1.82) is 0 Å². The molecule has 1 aromatic heterocycles. The van der Waals surface area contributed by atoms with E-state index in [0.29, 0.717) is 31.6 Å². The van der Waals surface area contributed by atoms with Gasteiger partial charge in [0, 0.05) is 25.4 Å². The van der Waals surface area contributed by atoms with Crippen molar-refractivity contribution in [3.63, 3.8) is 0 Å². The van der Waals surface area contributed by atoms with Crippen LogP contribution >= 0.6 is 0 Å². The largest absolute Gasteiger partial charge is 0.475 e. The first-order valence-corrected chi connectivity index (χ1v) is 6.87. The van der Waals surface area contributed by atoms with Gasteiger partial charge in [0.25, 0.3) is 0 Å². The predicted molar refractivity (Wildman–Crippen MR) is 79.8 cm³/mol. The molecule has 6 heteroatoms. The summed E-state index contributed by atoms with van der Waals surface area (Å²) in [6.07, 6.45) is 3.90. The molecule has 0 unspecified atom stereocenters. The van der Waals surface area contributed by atoms with Crippen LogP contribution in [0.5, 0.6) is 5.88 Å². The van der Waals surface area contributed by atoms with Gasteiger partial charge in [-0.1, -0.05) is 19.4 Å². The second-order valence-electron chi connectivity index (χ2n) is 4.29. The van der Waals surface area contributed by atoms with Gasteiger partial charge in [-0.15, -0.1) is 0 Å². The minimum absolute atomic E-state index is 0.446. The summed E-state index contributed by atoms with van der Waals surface area (Å²) in [7, 11) is 1.63. The Morgan fingerprint density at radius 3 is 3.05 bits per heavy atom. The van der Waals surface area contributed by atoms with E-state index in [0.717, 1.165) is 24.9 Å².